The average molecular weight is 597 g/mol. The zero-order valence-corrected chi connectivity index (χ0v) is 24.6. The Labute approximate surface area is 241 Å². The maximum atomic E-state index is 13.1. The van der Waals surface area contributed by atoms with E-state index in [1.165, 1.54) is 0 Å². The van der Waals surface area contributed by atoms with Crippen LogP contribution in [0.15, 0.2) is 30.3 Å². The van der Waals surface area contributed by atoms with Crippen LogP contribution < -0.4 is 0 Å². The molecule has 1 saturated heterocycles. The van der Waals surface area contributed by atoms with Gasteiger partial charge >= 0.3 is 5.97 Å². The Bertz CT molecular complexity index is 825. The van der Waals surface area contributed by atoms with E-state index in [1.807, 2.05) is 6.92 Å². The van der Waals surface area contributed by atoms with Gasteiger partial charge < -0.3 is 28.4 Å². The highest BCUT2D eigenvalue weighted by Crippen LogP contribution is 2.34. The summed E-state index contributed by atoms with van der Waals surface area (Å²) in [4.78, 5) is 13.1. The monoisotopic (exact) mass is 595 g/mol. The van der Waals surface area contributed by atoms with Crippen molar-refractivity contribution in [3.05, 3.63) is 35.9 Å². The Hall–Kier alpha value is -1.13. The molecule has 216 valence electrons. The van der Waals surface area contributed by atoms with Gasteiger partial charge in [0.05, 0.1) is 12.2 Å². The summed E-state index contributed by atoms with van der Waals surface area (Å²) in [6.45, 7) is 7.77. The molecule has 1 aromatic carbocycles. The number of carbonyl (C=O) groups excluding carboxylic acids is 1. The van der Waals surface area contributed by atoms with Crippen molar-refractivity contribution in [2.75, 3.05) is 26.4 Å². The summed E-state index contributed by atoms with van der Waals surface area (Å²) in [6, 6.07) is 8.54. The van der Waals surface area contributed by atoms with Gasteiger partial charge in [-0.3, -0.25) is 5.41 Å². The number of alkyl halides is 3. The van der Waals surface area contributed by atoms with Crippen LogP contribution in [-0.4, -0.2) is 72.8 Å². The van der Waals surface area contributed by atoms with E-state index < -0.39 is 46.4 Å². The fourth-order valence-corrected chi connectivity index (χ4v) is 3.88. The van der Waals surface area contributed by atoms with Gasteiger partial charge in [-0.1, -0.05) is 93.0 Å². The summed E-state index contributed by atoms with van der Waals surface area (Å²) in [7, 11) is 0. The number of rotatable bonds is 16. The summed E-state index contributed by atoms with van der Waals surface area (Å²) in [6.07, 6.45) is 0.839. The highest BCUT2D eigenvalue weighted by molar-refractivity contribution is 6.76. The minimum atomic E-state index is -2.14. The van der Waals surface area contributed by atoms with Crippen molar-refractivity contribution < 1.29 is 33.2 Å². The van der Waals surface area contributed by atoms with Crippen molar-refractivity contribution in [2.45, 2.75) is 93.8 Å². The van der Waals surface area contributed by atoms with E-state index in [0.29, 0.717) is 25.4 Å². The standard InChI is InChI=1S/C27H40Cl3NO7/c1-4-7-15-33-18-20-21(34-16-8-5-2)22(35-17-9-6-3)23(25(36-20)38-26(31)27(28,29)30)37-24(32)19-13-11-10-12-14-19/h10-14,20-23,25,31H,4-9,15-18H2,1-3H3/t20?,21-,22-,23?,25+/m1/s1. The van der Waals surface area contributed by atoms with Crippen molar-refractivity contribution in [1.82, 2.24) is 0 Å². The molecular weight excluding hydrogens is 557 g/mol. The maximum absolute atomic E-state index is 13.1. The Kier molecular flexibility index (Phi) is 15.3. The van der Waals surface area contributed by atoms with Crippen LogP contribution in [0.5, 0.6) is 0 Å². The molecule has 1 aromatic rings. The molecule has 11 heteroatoms. The van der Waals surface area contributed by atoms with Gasteiger partial charge in [0, 0.05) is 19.8 Å². The molecule has 1 N–H and O–H groups in total. The molecule has 0 spiro atoms. The van der Waals surface area contributed by atoms with E-state index >= 15 is 0 Å². The van der Waals surface area contributed by atoms with E-state index in [1.54, 1.807) is 30.3 Å². The molecule has 1 fully saturated rings. The lowest BCUT2D eigenvalue weighted by Crippen LogP contribution is -2.63. The molecule has 5 atom stereocenters. The largest absolute Gasteiger partial charge is 0.449 e. The molecule has 38 heavy (non-hydrogen) atoms. The van der Waals surface area contributed by atoms with Crippen molar-refractivity contribution in [3.63, 3.8) is 0 Å². The first kappa shape index (κ1) is 33.1. The van der Waals surface area contributed by atoms with E-state index in [9.17, 15) is 4.79 Å². The average Bonchev–Trinajstić information content (AvgIpc) is 2.89. The number of carbonyl (C=O) groups is 1. The molecule has 0 amide bonds. The van der Waals surface area contributed by atoms with Gasteiger partial charge in [0.25, 0.3) is 3.79 Å². The highest BCUT2D eigenvalue weighted by Gasteiger charge is 2.52. The van der Waals surface area contributed by atoms with Gasteiger partial charge in [-0.05, 0) is 31.4 Å². The zero-order valence-electron chi connectivity index (χ0n) is 22.3. The minimum absolute atomic E-state index is 0.185. The van der Waals surface area contributed by atoms with Crippen LogP contribution in [0.3, 0.4) is 0 Å². The molecular formula is C27H40Cl3NO7. The molecule has 0 radical (unpaired) electrons. The Morgan fingerprint density at radius 3 is 2.03 bits per heavy atom. The van der Waals surface area contributed by atoms with Crippen LogP contribution in [-0.2, 0) is 28.4 Å². The fraction of sp³-hybridized carbons (Fsp3) is 0.704. The number of hydrogen-bond acceptors (Lipinski definition) is 8. The number of benzene rings is 1. The molecule has 0 aromatic heterocycles. The predicted octanol–water partition coefficient (Wildman–Crippen LogP) is 6.49. The third-order valence-corrected chi connectivity index (χ3v) is 6.39. The molecule has 0 aliphatic carbocycles. The molecule has 2 unspecified atom stereocenters. The van der Waals surface area contributed by atoms with E-state index in [2.05, 4.69) is 13.8 Å². The SMILES string of the molecule is CCCCOCC1O[C@@H](OC(=N)C(Cl)(Cl)Cl)C(OC(=O)c2ccccc2)[C@H](OCCCC)[C@@H]1OCCCC. The summed E-state index contributed by atoms with van der Waals surface area (Å²) in [5.74, 6) is -1.28. The van der Waals surface area contributed by atoms with Gasteiger partial charge in [0.15, 0.2) is 6.10 Å². The van der Waals surface area contributed by atoms with Crippen LogP contribution in [0.4, 0.5) is 0 Å². The summed E-state index contributed by atoms with van der Waals surface area (Å²) in [5, 5.41) is 8.15. The third kappa shape index (κ3) is 10.8. The van der Waals surface area contributed by atoms with E-state index in [0.717, 1.165) is 38.5 Å². The maximum Gasteiger partial charge on any atom is 0.338 e. The van der Waals surface area contributed by atoms with Crippen LogP contribution in [0.25, 0.3) is 0 Å². The fourth-order valence-electron chi connectivity index (χ4n) is 3.75. The first-order chi connectivity index (χ1) is 18.2. The van der Waals surface area contributed by atoms with Gasteiger partial charge in [0.2, 0.25) is 12.2 Å². The number of halogens is 3. The Morgan fingerprint density at radius 2 is 1.45 bits per heavy atom. The second kappa shape index (κ2) is 17.5. The quantitative estimate of drug-likeness (QED) is 0.0766. The minimum Gasteiger partial charge on any atom is -0.449 e. The zero-order chi connectivity index (χ0) is 28.0. The van der Waals surface area contributed by atoms with Crippen molar-refractivity contribution in [2.24, 2.45) is 0 Å². The first-order valence-corrected chi connectivity index (χ1v) is 14.4. The lowest BCUT2D eigenvalue weighted by Gasteiger charge is -2.45. The summed E-state index contributed by atoms with van der Waals surface area (Å²) < 4.78 is 34.1. The smallest absolute Gasteiger partial charge is 0.338 e. The van der Waals surface area contributed by atoms with Gasteiger partial charge in [-0.2, -0.15) is 0 Å². The molecule has 2 rings (SSSR count). The second-order valence-corrected chi connectivity index (χ2v) is 11.3. The van der Waals surface area contributed by atoms with Crippen molar-refractivity contribution in [1.29, 1.82) is 5.41 Å². The summed E-state index contributed by atoms with van der Waals surface area (Å²) in [5.41, 5.74) is 0.337. The number of unbranched alkanes of at least 4 members (excludes halogenated alkanes) is 3. The van der Waals surface area contributed by atoms with Crippen LogP contribution in [0.2, 0.25) is 0 Å². The number of ether oxygens (including phenoxy) is 6. The summed E-state index contributed by atoms with van der Waals surface area (Å²) >= 11 is 17.7. The Morgan fingerprint density at radius 1 is 0.868 bits per heavy atom. The number of nitrogens with one attached hydrogen (secondary N) is 1. The molecule has 1 aliphatic heterocycles. The van der Waals surface area contributed by atoms with Crippen molar-refractivity contribution in [3.8, 4) is 0 Å². The first-order valence-electron chi connectivity index (χ1n) is 13.3. The van der Waals surface area contributed by atoms with Gasteiger partial charge in [-0.25, -0.2) is 4.79 Å². The van der Waals surface area contributed by atoms with Gasteiger partial charge in [-0.15, -0.1) is 0 Å². The van der Waals surface area contributed by atoms with Crippen LogP contribution in [0.1, 0.15) is 69.7 Å². The van der Waals surface area contributed by atoms with Gasteiger partial charge in [0.1, 0.15) is 18.3 Å². The third-order valence-electron chi connectivity index (χ3n) is 5.88. The van der Waals surface area contributed by atoms with Crippen molar-refractivity contribution >= 4 is 46.7 Å². The predicted molar refractivity (Wildman–Crippen MR) is 148 cm³/mol. The molecule has 0 saturated carbocycles. The molecule has 1 aliphatic rings. The lowest BCUT2D eigenvalue weighted by molar-refractivity contribution is -0.298. The highest BCUT2D eigenvalue weighted by atomic mass is 35.6. The topological polar surface area (TPSA) is 96.3 Å². The molecule has 8 nitrogen and oxygen atoms in total. The number of esters is 1. The normalized spacial score (nSPS) is 23.7. The Balaban J connectivity index is 2.42. The molecule has 1 heterocycles. The van der Waals surface area contributed by atoms with E-state index in [4.69, 9.17) is 68.6 Å². The van der Waals surface area contributed by atoms with Crippen LogP contribution in [0, 0.1) is 5.41 Å². The number of hydrogen-bond donors (Lipinski definition) is 1. The second-order valence-electron chi connectivity index (χ2n) is 9.03. The van der Waals surface area contributed by atoms with E-state index in [-0.39, 0.29) is 6.61 Å². The molecule has 0 bridgehead atoms. The van der Waals surface area contributed by atoms with Crippen LogP contribution >= 0.6 is 34.8 Å². The lowest BCUT2D eigenvalue weighted by atomic mass is 9.98.